The molecule has 19 heavy (non-hydrogen) atoms. The Morgan fingerprint density at radius 3 is 1.63 bits per heavy atom. The average molecular weight is 257 g/mol. The Bertz CT molecular complexity index is 381. The molecule has 1 nitrogen and oxygen atoms in total. The second kappa shape index (κ2) is 12.8. The summed E-state index contributed by atoms with van der Waals surface area (Å²) >= 11 is 0. The molecule has 0 radical (unpaired) electrons. The molecule has 2 aromatic rings. The van der Waals surface area contributed by atoms with Crippen LogP contribution >= 0.6 is 0 Å². The Kier molecular flexibility index (Phi) is 11.8. The molecule has 0 aliphatic carbocycles. The summed E-state index contributed by atoms with van der Waals surface area (Å²) in [6.07, 6.45) is 1.12. The molecule has 0 unspecified atom stereocenters. The highest BCUT2D eigenvalue weighted by Gasteiger charge is 1.86. The van der Waals surface area contributed by atoms with Crippen LogP contribution in [-0.4, -0.2) is 13.6 Å². The van der Waals surface area contributed by atoms with E-state index in [0.29, 0.717) is 0 Å². The lowest BCUT2D eigenvalue weighted by atomic mass is 10.2. The molecule has 0 amide bonds. The summed E-state index contributed by atoms with van der Waals surface area (Å²) < 4.78 is 0. The zero-order valence-corrected chi connectivity index (χ0v) is 12.7. The highest BCUT2D eigenvalue weighted by Crippen LogP contribution is 1.97. The van der Waals surface area contributed by atoms with E-state index in [9.17, 15) is 0 Å². The van der Waals surface area contributed by atoms with E-state index < -0.39 is 0 Å². The third-order valence-corrected chi connectivity index (χ3v) is 2.45. The summed E-state index contributed by atoms with van der Waals surface area (Å²) in [6, 6.07) is 20.8. The number of aryl methyl sites for hydroxylation is 1. The molecule has 0 aliphatic rings. The molecule has 0 aliphatic heterocycles. The topological polar surface area (TPSA) is 12.0 Å². The molecule has 1 N–H and O–H groups in total. The van der Waals surface area contributed by atoms with Gasteiger partial charge in [-0.3, -0.25) is 0 Å². The predicted molar refractivity (Wildman–Crippen MR) is 86.6 cm³/mol. The molecular weight excluding hydrogens is 230 g/mol. The van der Waals surface area contributed by atoms with Gasteiger partial charge in [0.25, 0.3) is 0 Å². The third-order valence-electron chi connectivity index (χ3n) is 2.45. The Labute approximate surface area is 118 Å². The van der Waals surface area contributed by atoms with Crippen LogP contribution in [0.25, 0.3) is 0 Å². The molecule has 2 rings (SSSR count). The summed E-state index contributed by atoms with van der Waals surface area (Å²) in [5.74, 6) is 0. The van der Waals surface area contributed by atoms with Gasteiger partial charge in [0, 0.05) is 0 Å². The minimum absolute atomic E-state index is 1.06. The van der Waals surface area contributed by atoms with Gasteiger partial charge in [-0.1, -0.05) is 80.1 Å². The van der Waals surface area contributed by atoms with Gasteiger partial charge in [0.05, 0.1) is 0 Å². The summed E-state index contributed by atoms with van der Waals surface area (Å²) in [6.45, 7) is 7.14. The van der Waals surface area contributed by atoms with Crippen LogP contribution in [0.15, 0.2) is 60.7 Å². The van der Waals surface area contributed by atoms with Crippen molar-refractivity contribution in [3.05, 3.63) is 71.8 Å². The van der Waals surface area contributed by atoms with Crippen molar-refractivity contribution in [3.63, 3.8) is 0 Å². The van der Waals surface area contributed by atoms with Crippen LogP contribution in [0.1, 0.15) is 25.0 Å². The first-order valence-corrected chi connectivity index (χ1v) is 7.03. The summed E-state index contributed by atoms with van der Waals surface area (Å²) in [7, 11) is 1.98. The van der Waals surface area contributed by atoms with Gasteiger partial charge in [0.1, 0.15) is 0 Å². The van der Waals surface area contributed by atoms with Crippen molar-refractivity contribution >= 4 is 0 Å². The van der Waals surface area contributed by atoms with Crippen molar-refractivity contribution < 1.29 is 0 Å². The predicted octanol–water partition coefficient (Wildman–Crippen LogP) is 4.47. The molecule has 0 heterocycles. The fourth-order valence-corrected chi connectivity index (χ4v) is 1.45. The summed E-state index contributed by atoms with van der Waals surface area (Å²) in [5, 5.41) is 3.12. The average Bonchev–Trinajstić information content (AvgIpc) is 2.50. The van der Waals surface area contributed by atoms with Crippen LogP contribution in [0, 0.1) is 6.92 Å². The smallest absolute Gasteiger partial charge is 0.00114 e. The monoisotopic (exact) mass is 257 g/mol. The second-order valence-electron chi connectivity index (χ2n) is 3.99. The molecule has 0 saturated carbocycles. The first-order valence-electron chi connectivity index (χ1n) is 7.03. The second-order valence-corrected chi connectivity index (χ2v) is 3.99. The van der Waals surface area contributed by atoms with E-state index in [2.05, 4.69) is 48.6 Å². The number of hydrogen-bond donors (Lipinski definition) is 1. The van der Waals surface area contributed by atoms with Crippen molar-refractivity contribution in [3.8, 4) is 0 Å². The van der Waals surface area contributed by atoms with Crippen LogP contribution in [0.5, 0.6) is 0 Å². The van der Waals surface area contributed by atoms with Crippen molar-refractivity contribution in [2.45, 2.75) is 27.2 Å². The van der Waals surface area contributed by atoms with E-state index in [1.54, 1.807) is 0 Å². The molecule has 2 aromatic carbocycles. The first-order chi connectivity index (χ1) is 9.33. The maximum atomic E-state index is 3.12. The quantitative estimate of drug-likeness (QED) is 0.855. The van der Waals surface area contributed by atoms with Gasteiger partial charge in [-0.25, -0.2) is 0 Å². The summed E-state index contributed by atoms with van der Waals surface area (Å²) in [4.78, 5) is 0. The molecule has 104 valence electrons. The van der Waals surface area contributed by atoms with E-state index in [1.807, 2.05) is 45.2 Å². The summed E-state index contributed by atoms with van der Waals surface area (Å²) in [5.41, 5.74) is 2.72. The van der Waals surface area contributed by atoms with Crippen molar-refractivity contribution in [2.24, 2.45) is 0 Å². The van der Waals surface area contributed by atoms with E-state index in [1.165, 1.54) is 11.1 Å². The lowest BCUT2D eigenvalue weighted by molar-refractivity contribution is 0.792. The lowest BCUT2D eigenvalue weighted by Crippen LogP contribution is -2.09. The minimum atomic E-state index is 1.06. The van der Waals surface area contributed by atoms with Crippen LogP contribution in [0.2, 0.25) is 0 Å². The Balaban J connectivity index is 0.000000316. The largest absolute Gasteiger partial charge is 0.319 e. The molecule has 0 spiro atoms. The molecule has 0 fully saturated rings. The van der Waals surface area contributed by atoms with Gasteiger partial charge < -0.3 is 5.32 Å². The molecule has 0 aromatic heterocycles. The zero-order chi connectivity index (χ0) is 14.3. The number of nitrogens with one attached hydrogen (secondary N) is 1. The molecule has 0 saturated heterocycles. The fourth-order valence-electron chi connectivity index (χ4n) is 1.45. The van der Waals surface area contributed by atoms with Crippen molar-refractivity contribution in [2.75, 3.05) is 13.6 Å². The minimum Gasteiger partial charge on any atom is -0.319 e. The number of benzene rings is 2. The van der Waals surface area contributed by atoms with E-state index >= 15 is 0 Å². The van der Waals surface area contributed by atoms with E-state index in [0.717, 1.165) is 13.0 Å². The van der Waals surface area contributed by atoms with Gasteiger partial charge in [0.2, 0.25) is 0 Å². The van der Waals surface area contributed by atoms with Gasteiger partial charge >= 0.3 is 0 Å². The van der Waals surface area contributed by atoms with Crippen LogP contribution in [0.3, 0.4) is 0 Å². The van der Waals surface area contributed by atoms with Crippen LogP contribution < -0.4 is 5.32 Å². The highest BCUT2D eigenvalue weighted by atomic mass is 14.8. The van der Waals surface area contributed by atoms with Crippen molar-refractivity contribution in [1.82, 2.24) is 5.32 Å². The van der Waals surface area contributed by atoms with Gasteiger partial charge in [-0.2, -0.15) is 0 Å². The Morgan fingerprint density at radius 1 is 0.789 bits per heavy atom. The Morgan fingerprint density at radius 2 is 1.26 bits per heavy atom. The molecule has 0 bridgehead atoms. The van der Waals surface area contributed by atoms with Gasteiger partial charge in [0.15, 0.2) is 0 Å². The normalized spacial score (nSPS) is 8.63. The standard InChI is InChI=1S/C9H13N.C7H8.C2H6/c1-10-8-7-9-5-3-2-4-6-9;1-7-5-3-2-4-6-7;1-2/h2-6,10H,7-8H2,1H3;2-6H,1H3;1-2H3. The number of hydrogen-bond acceptors (Lipinski definition) is 1. The van der Waals surface area contributed by atoms with E-state index in [4.69, 9.17) is 0 Å². The zero-order valence-electron chi connectivity index (χ0n) is 12.7. The first kappa shape index (κ1) is 17.4. The maximum Gasteiger partial charge on any atom is -0.00114 e. The molecular formula is C18H27N. The maximum absolute atomic E-state index is 3.12. The third kappa shape index (κ3) is 10.0. The SMILES string of the molecule is CC.CNCCc1ccccc1.Cc1ccccc1. The highest BCUT2D eigenvalue weighted by molar-refractivity contribution is 5.14. The van der Waals surface area contributed by atoms with E-state index in [-0.39, 0.29) is 0 Å². The van der Waals surface area contributed by atoms with Crippen molar-refractivity contribution in [1.29, 1.82) is 0 Å². The number of likely N-dealkylation sites (N-methyl/N-ethyl adjacent to an activating group) is 1. The van der Waals surface area contributed by atoms with Gasteiger partial charge in [-0.05, 0) is 32.5 Å². The number of rotatable bonds is 3. The molecule has 0 atom stereocenters. The lowest BCUT2D eigenvalue weighted by Gasteiger charge is -1.97. The fraction of sp³-hybridized carbons (Fsp3) is 0.333. The Hall–Kier alpha value is -1.60. The van der Waals surface area contributed by atoms with Crippen LogP contribution in [0.4, 0.5) is 0 Å². The molecule has 1 heteroatoms. The van der Waals surface area contributed by atoms with Crippen LogP contribution in [-0.2, 0) is 6.42 Å². The van der Waals surface area contributed by atoms with Gasteiger partial charge in [-0.15, -0.1) is 0 Å².